The zero-order valence-electron chi connectivity index (χ0n) is 13.0. The van der Waals surface area contributed by atoms with Crippen LogP contribution in [0.2, 0.25) is 0 Å². The molecule has 0 amide bonds. The Kier molecular flexibility index (Phi) is 5.65. The summed E-state index contributed by atoms with van der Waals surface area (Å²) in [4.78, 5) is 7.17. The van der Waals surface area contributed by atoms with Gasteiger partial charge in [-0.15, -0.1) is 0 Å². The molecule has 0 aromatic carbocycles. The fourth-order valence-corrected chi connectivity index (χ4v) is 2.87. The summed E-state index contributed by atoms with van der Waals surface area (Å²) in [6.07, 6.45) is 5.47. The molecule has 4 nitrogen and oxygen atoms in total. The summed E-state index contributed by atoms with van der Waals surface area (Å²) in [6, 6.07) is 5.19. The van der Waals surface area contributed by atoms with Crippen LogP contribution in [0.1, 0.15) is 40.0 Å². The maximum Gasteiger partial charge on any atom is 0.152 e. The van der Waals surface area contributed by atoms with E-state index >= 15 is 0 Å². The first-order chi connectivity index (χ1) is 9.72. The van der Waals surface area contributed by atoms with Gasteiger partial charge in [-0.25, -0.2) is 4.98 Å². The monoisotopic (exact) mass is 276 g/mol. The summed E-state index contributed by atoms with van der Waals surface area (Å²) in [7, 11) is 0. The predicted molar refractivity (Wildman–Crippen MR) is 86.5 cm³/mol. The standard InChI is InChI=1S/C16H28N4/c1-4-12-20(14-7-10-17-11-8-14)16-15(19-13(2)3)6-5-9-18-16/h5-6,9,13-14,17,19H,4,7-8,10-12H2,1-3H3. The molecule has 0 atom stereocenters. The number of pyridine rings is 1. The predicted octanol–water partition coefficient (Wildman–Crippen LogP) is 2.87. The van der Waals surface area contributed by atoms with E-state index in [0.29, 0.717) is 12.1 Å². The molecule has 0 radical (unpaired) electrons. The lowest BCUT2D eigenvalue weighted by atomic mass is 10.0. The summed E-state index contributed by atoms with van der Waals surface area (Å²) < 4.78 is 0. The van der Waals surface area contributed by atoms with Crippen molar-refractivity contribution >= 4 is 11.5 Å². The summed E-state index contributed by atoms with van der Waals surface area (Å²) in [5, 5.41) is 6.98. The van der Waals surface area contributed by atoms with Crippen LogP contribution in [0, 0.1) is 0 Å². The fourth-order valence-electron chi connectivity index (χ4n) is 2.87. The molecule has 2 rings (SSSR count). The van der Waals surface area contributed by atoms with Gasteiger partial charge in [-0.1, -0.05) is 6.92 Å². The second-order valence-electron chi connectivity index (χ2n) is 5.85. The summed E-state index contributed by atoms with van der Waals surface area (Å²) in [5.41, 5.74) is 1.16. The van der Waals surface area contributed by atoms with E-state index in [1.165, 1.54) is 12.8 Å². The van der Waals surface area contributed by atoms with Gasteiger partial charge in [0.15, 0.2) is 5.82 Å². The van der Waals surface area contributed by atoms with Crippen LogP contribution in [-0.4, -0.2) is 36.7 Å². The van der Waals surface area contributed by atoms with E-state index in [1.807, 2.05) is 12.3 Å². The Bertz CT molecular complexity index is 399. The average Bonchev–Trinajstić information content (AvgIpc) is 2.46. The minimum atomic E-state index is 0.425. The second-order valence-corrected chi connectivity index (χ2v) is 5.85. The van der Waals surface area contributed by atoms with E-state index in [-0.39, 0.29) is 0 Å². The summed E-state index contributed by atoms with van der Waals surface area (Å²) in [6.45, 7) is 9.90. The highest BCUT2D eigenvalue weighted by Crippen LogP contribution is 2.28. The van der Waals surface area contributed by atoms with Crippen molar-refractivity contribution in [2.24, 2.45) is 0 Å². The lowest BCUT2D eigenvalue weighted by molar-refractivity contribution is 0.427. The van der Waals surface area contributed by atoms with Gasteiger partial charge >= 0.3 is 0 Å². The van der Waals surface area contributed by atoms with Crippen molar-refractivity contribution in [3.63, 3.8) is 0 Å². The van der Waals surface area contributed by atoms with Gasteiger partial charge in [-0.05, 0) is 58.3 Å². The molecule has 0 bridgehead atoms. The Morgan fingerprint density at radius 2 is 2.15 bits per heavy atom. The number of hydrogen-bond acceptors (Lipinski definition) is 4. The van der Waals surface area contributed by atoms with E-state index in [0.717, 1.165) is 37.6 Å². The topological polar surface area (TPSA) is 40.2 Å². The van der Waals surface area contributed by atoms with Crippen LogP contribution in [0.3, 0.4) is 0 Å². The van der Waals surface area contributed by atoms with Crippen LogP contribution in [0.25, 0.3) is 0 Å². The van der Waals surface area contributed by atoms with Crippen LogP contribution in [0.5, 0.6) is 0 Å². The number of aromatic nitrogens is 1. The Labute approximate surface area is 123 Å². The molecular weight excluding hydrogens is 248 g/mol. The molecule has 1 aromatic rings. The number of hydrogen-bond donors (Lipinski definition) is 2. The number of nitrogens with zero attached hydrogens (tertiary/aromatic N) is 2. The number of piperidine rings is 1. The van der Waals surface area contributed by atoms with E-state index in [2.05, 4.69) is 47.4 Å². The lowest BCUT2D eigenvalue weighted by Crippen LogP contribution is -2.44. The lowest BCUT2D eigenvalue weighted by Gasteiger charge is -2.36. The van der Waals surface area contributed by atoms with Gasteiger partial charge in [0.1, 0.15) is 0 Å². The van der Waals surface area contributed by atoms with Crippen molar-refractivity contribution in [2.75, 3.05) is 29.9 Å². The first-order valence-electron chi connectivity index (χ1n) is 7.91. The SMILES string of the molecule is CCCN(c1ncccc1NC(C)C)C1CCNCC1. The molecule has 0 unspecified atom stereocenters. The van der Waals surface area contributed by atoms with Gasteiger partial charge in [0.25, 0.3) is 0 Å². The number of anilines is 2. The largest absolute Gasteiger partial charge is 0.380 e. The Morgan fingerprint density at radius 1 is 1.40 bits per heavy atom. The maximum atomic E-state index is 4.67. The fraction of sp³-hybridized carbons (Fsp3) is 0.688. The molecule has 2 N–H and O–H groups in total. The van der Waals surface area contributed by atoms with Crippen molar-refractivity contribution < 1.29 is 0 Å². The van der Waals surface area contributed by atoms with Gasteiger partial charge in [-0.2, -0.15) is 0 Å². The molecule has 4 heteroatoms. The van der Waals surface area contributed by atoms with Crippen molar-refractivity contribution in [3.05, 3.63) is 18.3 Å². The third-order valence-corrected chi connectivity index (χ3v) is 3.72. The molecule has 1 fully saturated rings. The second kappa shape index (κ2) is 7.48. The molecule has 0 spiro atoms. The highest BCUT2D eigenvalue weighted by Gasteiger charge is 2.23. The van der Waals surface area contributed by atoms with Crippen molar-refractivity contribution in [1.82, 2.24) is 10.3 Å². The third kappa shape index (κ3) is 3.85. The molecule has 112 valence electrons. The zero-order valence-corrected chi connectivity index (χ0v) is 13.0. The third-order valence-electron chi connectivity index (χ3n) is 3.72. The summed E-state index contributed by atoms with van der Waals surface area (Å²) in [5.74, 6) is 1.12. The van der Waals surface area contributed by atoms with Crippen LogP contribution in [0.15, 0.2) is 18.3 Å². The first kappa shape index (κ1) is 15.1. The molecular formula is C16H28N4. The molecule has 1 aromatic heterocycles. The van der Waals surface area contributed by atoms with Gasteiger partial charge in [0.05, 0.1) is 5.69 Å². The minimum Gasteiger partial charge on any atom is -0.380 e. The molecule has 0 aliphatic carbocycles. The van der Waals surface area contributed by atoms with Gasteiger partial charge in [0.2, 0.25) is 0 Å². The molecule has 2 heterocycles. The Morgan fingerprint density at radius 3 is 2.80 bits per heavy atom. The maximum absolute atomic E-state index is 4.67. The Balaban J connectivity index is 2.23. The average molecular weight is 276 g/mol. The molecule has 1 aliphatic rings. The van der Waals surface area contributed by atoms with E-state index in [9.17, 15) is 0 Å². The number of rotatable bonds is 6. The van der Waals surface area contributed by atoms with Gasteiger partial charge in [-0.3, -0.25) is 0 Å². The van der Waals surface area contributed by atoms with Gasteiger partial charge < -0.3 is 15.5 Å². The van der Waals surface area contributed by atoms with Crippen molar-refractivity contribution in [3.8, 4) is 0 Å². The molecule has 20 heavy (non-hydrogen) atoms. The van der Waals surface area contributed by atoms with Crippen molar-refractivity contribution in [2.45, 2.75) is 52.1 Å². The first-order valence-corrected chi connectivity index (χ1v) is 7.91. The molecule has 1 saturated heterocycles. The van der Waals surface area contributed by atoms with Gasteiger partial charge in [0, 0.05) is 24.8 Å². The van der Waals surface area contributed by atoms with Crippen molar-refractivity contribution in [1.29, 1.82) is 0 Å². The van der Waals surface area contributed by atoms with E-state index < -0.39 is 0 Å². The van der Waals surface area contributed by atoms with E-state index in [1.54, 1.807) is 0 Å². The number of nitrogens with one attached hydrogen (secondary N) is 2. The van der Waals surface area contributed by atoms with Crippen LogP contribution >= 0.6 is 0 Å². The quantitative estimate of drug-likeness (QED) is 0.838. The normalized spacial score (nSPS) is 16.4. The highest BCUT2D eigenvalue weighted by atomic mass is 15.2. The van der Waals surface area contributed by atoms with Crippen LogP contribution < -0.4 is 15.5 Å². The Hall–Kier alpha value is -1.29. The molecule has 1 aliphatic heterocycles. The zero-order chi connectivity index (χ0) is 14.4. The molecule has 0 saturated carbocycles. The smallest absolute Gasteiger partial charge is 0.152 e. The summed E-state index contributed by atoms with van der Waals surface area (Å²) >= 11 is 0. The van der Waals surface area contributed by atoms with Crippen LogP contribution in [0.4, 0.5) is 11.5 Å². The van der Waals surface area contributed by atoms with Crippen LogP contribution in [-0.2, 0) is 0 Å². The van der Waals surface area contributed by atoms with E-state index in [4.69, 9.17) is 0 Å². The highest BCUT2D eigenvalue weighted by molar-refractivity contribution is 5.66. The minimum absolute atomic E-state index is 0.425.